The fourth-order valence-corrected chi connectivity index (χ4v) is 4.15. The molecule has 1 aromatic rings. The van der Waals surface area contributed by atoms with Crippen LogP contribution in [0.3, 0.4) is 0 Å². The normalized spacial score (nSPS) is 18.4. The number of nitrogens with zero attached hydrogens (tertiary/aromatic N) is 1. The second-order valence-electron chi connectivity index (χ2n) is 6.48. The quantitative estimate of drug-likeness (QED) is 0.436. The Hall–Kier alpha value is -1.02. The minimum absolute atomic E-state index is 0.408. The molecule has 0 spiro atoms. The van der Waals surface area contributed by atoms with E-state index in [0.29, 0.717) is 6.04 Å². The third-order valence-corrected chi connectivity index (χ3v) is 5.83. The van der Waals surface area contributed by atoms with Crippen LogP contribution in [0.5, 0.6) is 0 Å². The molecular weight excluding hydrogens is 349 g/mol. The Morgan fingerprint density at radius 2 is 1.74 bits per heavy atom. The molecule has 0 N–H and O–H groups in total. The predicted octanol–water partition coefficient (Wildman–Crippen LogP) is 3.99. The molecule has 0 aliphatic carbocycles. The summed E-state index contributed by atoms with van der Waals surface area (Å²) in [6.45, 7) is 9.91. The van der Waals surface area contributed by atoms with Crippen LogP contribution in [0.4, 0.5) is 17.3 Å². The molecule has 0 aromatic heterocycles. The first-order chi connectivity index (χ1) is 10.3. The lowest BCUT2D eigenvalue weighted by atomic mass is 10.2. The van der Waals surface area contributed by atoms with Gasteiger partial charge in [0.25, 0.3) is 0 Å². The number of benzene rings is 1. The van der Waals surface area contributed by atoms with E-state index in [2.05, 4.69) is 44.3 Å². The van der Waals surface area contributed by atoms with Crippen molar-refractivity contribution in [1.82, 2.24) is 0 Å². The van der Waals surface area contributed by atoms with Gasteiger partial charge < -0.3 is 22.0 Å². The van der Waals surface area contributed by atoms with Crippen LogP contribution >= 0.6 is 11.6 Å². The molecular formula is C14H21BClF4NOSi. The number of likely N-dealkylation sites (N-methyl/N-ethyl adjacent to an activating group) is 1. The molecule has 1 unspecified atom stereocenters. The van der Waals surface area contributed by atoms with Crippen LogP contribution in [0.1, 0.15) is 12.5 Å². The summed E-state index contributed by atoms with van der Waals surface area (Å²) in [5, 5.41) is 2.16. The monoisotopic (exact) mass is 369 g/mol. The van der Waals surface area contributed by atoms with Crippen molar-refractivity contribution >= 4 is 38.0 Å². The summed E-state index contributed by atoms with van der Waals surface area (Å²) < 4.78 is 47.0. The molecule has 1 aliphatic heterocycles. The Labute approximate surface area is 140 Å². The summed E-state index contributed by atoms with van der Waals surface area (Å²) in [7, 11) is -5.37. The molecule has 0 radical (unpaired) electrons. The molecule has 0 fully saturated rings. The summed E-state index contributed by atoms with van der Waals surface area (Å²) in [4.78, 5) is 0. The van der Waals surface area contributed by atoms with E-state index in [4.69, 9.17) is 16.3 Å². The topological polar surface area (TPSA) is 12.2 Å². The first-order valence-corrected chi connectivity index (χ1v) is 11.1. The van der Waals surface area contributed by atoms with E-state index < -0.39 is 15.3 Å². The lowest BCUT2D eigenvalue weighted by Crippen LogP contribution is -2.42. The minimum Gasteiger partial charge on any atom is -0.437 e. The van der Waals surface area contributed by atoms with Crippen molar-refractivity contribution in [3.8, 4) is 0 Å². The molecule has 0 saturated heterocycles. The zero-order valence-electron chi connectivity index (χ0n) is 13.8. The molecule has 1 atom stereocenters. The Balaban J connectivity index is 0.000000463. The van der Waals surface area contributed by atoms with Crippen LogP contribution in [-0.2, 0) is 4.74 Å². The van der Waals surface area contributed by atoms with E-state index in [1.54, 1.807) is 0 Å². The molecule has 0 saturated carbocycles. The van der Waals surface area contributed by atoms with Crippen molar-refractivity contribution in [2.24, 2.45) is 0 Å². The van der Waals surface area contributed by atoms with Crippen LogP contribution in [0.25, 0.3) is 0 Å². The fourth-order valence-electron chi connectivity index (χ4n) is 2.23. The van der Waals surface area contributed by atoms with Gasteiger partial charge in [0.15, 0.2) is 12.6 Å². The van der Waals surface area contributed by atoms with Gasteiger partial charge in [0.05, 0.1) is 13.1 Å². The second kappa shape index (κ2) is 7.25. The molecule has 2 rings (SSSR count). The lowest BCUT2D eigenvalue weighted by Gasteiger charge is -2.20. The Morgan fingerprint density at radius 3 is 2.13 bits per heavy atom. The third-order valence-electron chi connectivity index (χ3n) is 3.48. The minimum atomic E-state index is -6.00. The second-order valence-corrected chi connectivity index (χ2v) is 11.9. The van der Waals surface area contributed by atoms with Crippen molar-refractivity contribution in [2.45, 2.75) is 32.6 Å². The van der Waals surface area contributed by atoms with Gasteiger partial charge in [-0.1, -0.05) is 43.4 Å². The van der Waals surface area contributed by atoms with Gasteiger partial charge in [-0.05, 0) is 11.3 Å². The summed E-state index contributed by atoms with van der Waals surface area (Å²) in [5.41, 5.74) is 1.10. The zero-order chi connectivity index (χ0) is 18.0. The van der Waals surface area contributed by atoms with E-state index in [9.17, 15) is 17.3 Å². The summed E-state index contributed by atoms with van der Waals surface area (Å²) in [6.07, 6.45) is 0. The summed E-state index contributed by atoms with van der Waals surface area (Å²) >= 11 is 6.42. The van der Waals surface area contributed by atoms with Gasteiger partial charge in [0.1, 0.15) is 12.6 Å². The number of halogens is 5. The maximum absolute atomic E-state index is 9.75. The molecule has 1 aromatic carbocycles. The lowest BCUT2D eigenvalue weighted by molar-refractivity contribution is -0.522. The van der Waals surface area contributed by atoms with Crippen molar-refractivity contribution in [3.05, 3.63) is 28.8 Å². The fraction of sp³-hybridized carbons (Fsp3) is 0.500. The molecule has 0 bridgehead atoms. The van der Waals surface area contributed by atoms with E-state index in [-0.39, 0.29) is 0 Å². The Morgan fingerprint density at radius 1 is 1.22 bits per heavy atom. The predicted molar refractivity (Wildman–Crippen MR) is 90.3 cm³/mol. The summed E-state index contributed by atoms with van der Waals surface area (Å²) in [5.74, 6) is 0.936. The van der Waals surface area contributed by atoms with Gasteiger partial charge in [-0.15, -0.1) is 0 Å². The number of hydrogen-bond acceptors (Lipinski definition) is 1. The van der Waals surface area contributed by atoms with Crippen molar-refractivity contribution < 1.29 is 26.6 Å². The van der Waals surface area contributed by atoms with Gasteiger partial charge >= 0.3 is 13.2 Å². The molecule has 0 amide bonds. The molecule has 9 heteroatoms. The van der Waals surface area contributed by atoms with Gasteiger partial charge in [0.2, 0.25) is 0 Å². The highest BCUT2D eigenvalue weighted by molar-refractivity contribution is 6.89. The summed E-state index contributed by atoms with van der Waals surface area (Å²) in [6, 6.07) is 6.60. The standard InChI is InChI=1S/C14H21ClNOSi.BF4/c1-10-9-17-14(16(10)2)13-11(15)7-6-8-12(13)18(3,4)5;2-1(3,4)5/h6-8,10H,9H2,1-5H3;/q+1;-1. The van der Waals surface area contributed by atoms with E-state index in [1.165, 1.54) is 5.19 Å². The Kier molecular flexibility index (Phi) is 6.32. The maximum atomic E-state index is 9.75. The van der Waals surface area contributed by atoms with Crippen LogP contribution in [0.2, 0.25) is 24.7 Å². The number of ether oxygens (including phenoxy) is 1. The van der Waals surface area contributed by atoms with Crippen molar-refractivity contribution in [1.29, 1.82) is 0 Å². The molecule has 23 heavy (non-hydrogen) atoms. The number of hydrogen-bond donors (Lipinski definition) is 0. The van der Waals surface area contributed by atoms with Gasteiger partial charge in [-0.25, -0.2) is 0 Å². The van der Waals surface area contributed by atoms with E-state index >= 15 is 0 Å². The molecule has 2 nitrogen and oxygen atoms in total. The van der Waals surface area contributed by atoms with Crippen molar-refractivity contribution in [2.75, 3.05) is 13.7 Å². The SMILES string of the molecule is CC1COC(c2c(Cl)cccc2[Si](C)(C)C)=[N+]1C.F[B-](F)(F)F. The zero-order valence-corrected chi connectivity index (χ0v) is 15.6. The first-order valence-electron chi connectivity index (χ1n) is 7.21. The third kappa shape index (κ3) is 5.84. The van der Waals surface area contributed by atoms with E-state index in [0.717, 1.165) is 23.1 Å². The highest BCUT2D eigenvalue weighted by Gasteiger charge is 2.35. The largest absolute Gasteiger partial charge is 0.673 e. The average Bonchev–Trinajstić information content (AvgIpc) is 2.67. The van der Waals surface area contributed by atoms with Crippen LogP contribution in [0.15, 0.2) is 18.2 Å². The smallest absolute Gasteiger partial charge is 0.437 e. The highest BCUT2D eigenvalue weighted by Crippen LogP contribution is 2.21. The number of rotatable bonds is 2. The van der Waals surface area contributed by atoms with Crippen LogP contribution < -0.4 is 5.19 Å². The highest BCUT2D eigenvalue weighted by atomic mass is 35.5. The van der Waals surface area contributed by atoms with Crippen LogP contribution in [0, 0.1) is 0 Å². The first kappa shape index (κ1) is 20.0. The average molecular weight is 370 g/mol. The molecule has 1 aliphatic rings. The van der Waals surface area contributed by atoms with Gasteiger partial charge in [-0.3, -0.25) is 0 Å². The van der Waals surface area contributed by atoms with Crippen molar-refractivity contribution in [3.63, 3.8) is 0 Å². The molecule has 130 valence electrons. The Bertz CT molecular complexity index is 595. The van der Waals surface area contributed by atoms with E-state index in [1.807, 2.05) is 12.1 Å². The van der Waals surface area contributed by atoms with Gasteiger partial charge in [-0.2, -0.15) is 4.58 Å². The van der Waals surface area contributed by atoms with Crippen LogP contribution in [-0.4, -0.2) is 45.5 Å². The van der Waals surface area contributed by atoms with Gasteiger partial charge in [0, 0.05) is 6.92 Å². The molecule has 1 heterocycles. The maximum Gasteiger partial charge on any atom is 0.673 e.